The largest absolute Gasteiger partial charge is 0.505 e. The van der Waals surface area contributed by atoms with Crippen LogP contribution in [0.1, 0.15) is 19.4 Å². The minimum absolute atomic E-state index is 0.0962. The van der Waals surface area contributed by atoms with E-state index in [1.54, 1.807) is 13.8 Å². The molecule has 0 radical (unpaired) electrons. The van der Waals surface area contributed by atoms with Crippen LogP contribution >= 0.6 is 0 Å². The Morgan fingerprint density at radius 3 is 2.29 bits per heavy atom. The van der Waals surface area contributed by atoms with E-state index in [0.29, 0.717) is 6.07 Å². The second-order valence-corrected chi connectivity index (χ2v) is 3.83. The van der Waals surface area contributed by atoms with E-state index in [0.717, 1.165) is 6.07 Å². The van der Waals surface area contributed by atoms with Crippen LogP contribution < -0.4 is 0 Å². The Balaban J connectivity index is 3.29. The molecule has 1 aromatic rings. The fraction of sp³-hybridized carbons (Fsp3) is 0.400. The summed E-state index contributed by atoms with van der Waals surface area (Å²) in [6.07, 6.45) is 0. The third kappa shape index (κ3) is 1.85. The molecule has 0 saturated carbocycles. The summed E-state index contributed by atoms with van der Waals surface area (Å²) in [5, 5.41) is 18.1. The number of halogens is 2. The van der Waals surface area contributed by atoms with Crippen LogP contribution in [0, 0.1) is 11.6 Å². The number of phenols is 1. The van der Waals surface area contributed by atoms with Gasteiger partial charge in [0.2, 0.25) is 0 Å². The Morgan fingerprint density at radius 2 is 1.79 bits per heavy atom. The fourth-order valence-corrected chi connectivity index (χ4v) is 1.14. The number of aliphatic hydroxyl groups excluding tert-OH is 1. The third-order valence-corrected chi connectivity index (χ3v) is 2.16. The molecule has 2 N–H and O–H groups in total. The van der Waals surface area contributed by atoms with Crippen LogP contribution in [0.25, 0.3) is 0 Å². The summed E-state index contributed by atoms with van der Waals surface area (Å²) in [6.45, 7) is 2.92. The van der Waals surface area contributed by atoms with Crippen molar-refractivity contribution in [3.05, 3.63) is 29.3 Å². The molecule has 1 rings (SSSR count). The smallest absolute Gasteiger partial charge is 0.167 e. The van der Waals surface area contributed by atoms with Crippen molar-refractivity contribution < 1.29 is 19.0 Å². The molecule has 78 valence electrons. The lowest BCUT2D eigenvalue weighted by molar-refractivity contribution is 0.214. The van der Waals surface area contributed by atoms with Crippen molar-refractivity contribution in [2.75, 3.05) is 6.61 Å². The highest BCUT2D eigenvalue weighted by molar-refractivity contribution is 5.34. The highest BCUT2D eigenvalue weighted by Gasteiger charge is 2.24. The maximum Gasteiger partial charge on any atom is 0.167 e. The van der Waals surface area contributed by atoms with Crippen molar-refractivity contribution in [1.82, 2.24) is 0 Å². The van der Waals surface area contributed by atoms with Gasteiger partial charge in [-0.1, -0.05) is 13.8 Å². The van der Waals surface area contributed by atoms with Crippen molar-refractivity contribution >= 4 is 0 Å². The quantitative estimate of drug-likeness (QED) is 0.769. The Hall–Kier alpha value is -1.16. The van der Waals surface area contributed by atoms with Crippen LogP contribution in [0.5, 0.6) is 5.75 Å². The van der Waals surface area contributed by atoms with Crippen LogP contribution in [-0.4, -0.2) is 16.8 Å². The summed E-state index contributed by atoms with van der Waals surface area (Å²) in [5.41, 5.74) is -0.742. The summed E-state index contributed by atoms with van der Waals surface area (Å²) in [7, 11) is 0. The van der Waals surface area contributed by atoms with E-state index < -0.39 is 22.8 Å². The van der Waals surface area contributed by atoms with Crippen molar-refractivity contribution in [2.24, 2.45) is 0 Å². The van der Waals surface area contributed by atoms with Gasteiger partial charge in [0.25, 0.3) is 0 Å². The summed E-state index contributed by atoms with van der Waals surface area (Å²) in [4.78, 5) is 0. The first-order valence-corrected chi connectivity index (χ1v) is 4.18. The molecule has 0 bridgehead atoms. The molecule has 0 saturated heterocycles. The van der Waals surface area contributed by atoms with Crippen molar-refractivity contribution in [1.29, 1.82) is 0 Å². The molecular weight excluding hydrogens is 190 g/mol. The SMILES string of the molecule is CC(C)(CO)c1cc(O)c(F)cc1F. The molecule has 1 aromatic carbocycles. The van der Waals surface area contributed by atoms with Crippen LogP contribution in [-0.2, 0) is 5.41 Å². The maximum absolute atomic E-state index is 13.3. The molecular formula is C10H12F2O2. The van der Waals surface area contributed by atoms with Gasteiger partial charge in [0.1, 0.15) is 5.82 Å². The Kier molecular flexibility index (Phi) is 2.76. The van der Waals surface area contributed by atoms with Gasteiger partial charge in [-0.25, -0.2) is 8.78 Å². The lowest BCUT2D eigenvalue weighted by atomic mass is 9.85. The number of phenolic OH excluding ortho intramolecular Hbond substituents is 1. The van der Waals surface area contributed by atoms with Crippen LogP contribution in [0.2, 0.25) is 0 Å². The van der Waals surface area contributed by atoms with Crippen molar-refractivity contribution in [3.63, 3.8) is 0 Å². The lowest BCUT2D eigenvalue weighted by Gasteiger charge is -2.22. The van der Waals surface area contributed by atoms with E-state index in [2.05, 4.69) is 0 Å². The Morgan fingerprint density at radius 1 is 1.21 bits per heavy atom. The number of rotatable bonds is 2. The minimum Gasteiger partial charge on any atom is -0.505 e. The van der Waals surface area contributed by atoms with Gasteiger partial charge >= 0.3 is 0 Å². The van der Waals surface area contributed by atoms with Crippen molar-refractivity contribution in [3.8, 4) is 5.75 Å². The van der Waals surface area contributed by atoms with Crippen LogP contribution in [0.15, 0.2) is 12.1 Å². The first-order chi connectivity index (χ1) is 6.38. The summed E-state index contributed by atoms with van der Waals surface area (Å²) < 4.78 is 26.0. The number of hydrogen-bond acceptors (Lipinski definition) is 2. The molecule has 0 aliphatic heterocycles. The standard InChI is InChI=1S/C10H12F2O2/c1-10(2,5-13)6-3-9(14)8(12)4-7(6)11/h3-4,13-14H,5H2,1-2H3. The van der Waals surface area contributed by atoms with E-state index in [1.165, 1.54) is 0 Å². The summed E-state index contributed by atoms with van der Waals surface area (Å²) in [6, 6.07) is 1.61. The summed E-state index contributed by atoms with van der Waals surface area (Å²) in [5.74, 6) is -2.37. The summed E-state index contributed by atoms with van der Waals surface area (Å²) >= 11 is 0. The zero-order chi connectivity index (χ0) is 10.9. The second-order valence-electron chi connectivity index (χ2n) is 3.83. The highest BCUT2D eigenvalue weighted by Crippen LogP contribution is 2.29. The van der Waals surface area contributed by atoms with E-state index in [9.17, 15) is 8.78 Å². The molecule has 14 heavy (non-hydrogen) atoms. The normalized spacial score (nSPS) is 11.8. The second kappa shape index (κ2) is 3.53. The van der Waals surface area contributed by atoms with Gasteiger partial charge in [-0.2, -0.15) is 0 Å². The molecule has 0 aromatic heterocycles. The molecule has 4 heteroatoms. The molecule has 0 aliphatic carbocycles. The molecule has 0 aliphatic rings. The predicted molar refractivity (Wildman–Crippen MR) is 48.1 cm³/mol. The average molecular weight is 202 g/mol. The Labute approximate surface area is 80.8 Å². The predicted octanol–water partition coefficient (Wildman–Crippen LogP) is 1.94. The van der Waals surface area contributed by atoms with Gasteiger partial charge in [-0.05, 0) is 11.6 Å². The van der Waals surface area contributed by atoms with Gasteiger partial charge < -0.3 is 10.2 Å². The maximum atomic E-state index is 13.3. The molecule has 0 spiro atoms. The first-order valence-electron chi connectivity index (χ1n) is 4.18. The van der Waals surface area contributed by atoms with Gasteiger partial charge in [-0.15, -0.1) is 0 Å². The van der Waals surface area contributed by atoms with Crippen LogP contribution in [0.3, 0.4) is 0 Å². The Bertz CT molecular complexity index is 348. The van der Waals surface area contributed by atoms with Gasteiger partial charge in [-0.3, -0.25) is 0 Å². The molecule has 0 heterocycles. The molecule has 0 atom stereocenters. The van der Waals surface area contributed by atoms with Gasteiger partial charge in [0.15, 0.2) is 11.6 Å². The topological polar surface area (TPSA) is 40.5 Å². The monoisotopic (exact) mass is 202 g/mol. The third-order valence-electron chi connectivity index (χ3n) is 2.16. The minimum atomic E-state index is -1.00. The lowest BCUT2D eigenvalue weighted by Crippen LogP contribution is -2.23. The number of hydrogen-bond donors (Lipinski definition) is 2. The number of benzene rings is 1. The molecule has 0 unspecified atom stereocenters. The molecule has 0 amide bonds. The van der Waals surface area contributed by atoms with Gasteiger partial charge in [0.05, 0.1) is 6.61 Å². The number of aromatic hydroxyl groups is 1. The zero-order valence-corrected chi connectivity index (χ0v) is 8.01. The zero-order valence-electron chi connectivity index (χ0n) is 8.01. The average Bonchev–Trinajstić information content (AvgIpc) is 2.11. The molecule has 2 nitrogen and oxygen atoms in total. The van der Waals surface area contributed by atoms with E-state index in [1.807, 2.05) is 0 Å². The first kappa shape index (κ1) is 10.9. The van der Waals surface area contributed by atoms with Crippen molar-refractivity contribution in [2.45, 2.75) is 19.3 Å². The molecule has 0 fully saturated rings. The highest BCUT2D eigenvalue weighted by atomic mass is 19.1. The van der Waals surface area contributed by atoms with Crippen LogP contribution in [0.4, 0.5) is 8.78 Å². The van der Waals surface area contributed by atoms with E-state index >= 15 is 0 Å². The number of aliphatic hydroxyl groups is 1. The van der Waals surface area contributed by atoms with Gasteiger partial charge in [0, 0.05) is 11.5 Å². The van der Waals surface area contributed by atoms with E-state index in [4.69, 9.17) is 10.2 Å². The van der Waals surface area contributed by atoms with E-state index in [-0.39, 0.29) is 12.2 Å². The fourth-order valence-electron chi connectivity index (χ4n) is 1.14.